The van der Waals surface area contributed by atoms with Crippen LogP contribution in [0, 0.1) is 11.3 Å². The van der Waals surface area contributed by atoms with Gasteiger partial charge < -0.3 is 10.1 Å². The third-order valence-corrected chi connectivity index (χ3v) is 3.33. The summed E-state index contributed by atoms with van der Waals surface area (Å²) in [7, 11) is 1.39. The largest absolute Gasteiger partial charge is 0.469 e. The summed E-state index contributed by atoms with van der Waals surface area (Å²) in [5, 5.41) is 2.81. The predicted molar refractivity (Wildman–Crippen MR) is 49.4 cm³/mol. The van der Waals surface area contributed by atoms with Crippen LogP contribution in [-0.2, 0) is 14.3 Å². The molecule has 0 aromatic rings. The molecule has 1 amide bonds. The van der Waals surface area contributed by atoms with Gasteiger partial charge in [-0.3, -0.25) is 9.59 Å². The van der Waals surface area contributed by atoms with E-state index in [1.54, 1.807) is 0 Å². The van der Waals surface area contributed by atoms with E-state index < -0.39 is 5.41 Å². The lowest BCUT2D eigenvalue weighted by molar-refractivity contribution is -0.153. The summed E-state index contributed by atoms with van der Waals surface area (Å²) in [4.78, 5) is 23.1. The summed E-state index contributed by atoms with van der Waals surface area (Å²) in [5.74, 6) is -0.331. The molecular weight excluding hydrogens is 182 g/mol. The molecule has 0 aromatic carbocycles. The topological polar surface area (TPSA) is 55.4 Å². The third kappa shape index (κ3) is 1.29. The molecule has 4 heteroatoms. The molecule has 1 atom stereocenters. The number of carbonyl (C=O) groups excluding carboxylic acids is 2. The standard InChI is InChI=1S/C10H15NO3/c1-14-9(13)10(4-5-10)7-3-2-6-11-8(7)12/h7H,2-6H2,1H3,(H,11,12). The number of methoxy groups -OCH3 is 1. The normalized spacial score (nSPS) is 29.2. The second-order valence-electron chi connectivity index (χ2n) is 4.13. The fraction of sp³-hybridized carbons (Fsp3) is 0.800. The van der Waals surface area contributed by atoms with E-state index in [9.17, 15) is 9.59 Å². The Morgan fingerprint density at radius 2 is 2.29 bits per heavy atom. The average Bonchev–Trinajstić information content (AvgIpc) is 2.98. The molecule has 1 unspecified atom stereocenters. The van der Waals surface area contributed by atoms with Crippen molar-refractivity contribution in [3.63, 3.8) is 0 Å². The quantitative estimate of drug-likeness (QED) is 0.654. The van der Waals surface area contributed by atoms with E-state index in [1.165, 1.54) is 7.11 Å². The van der Waals surface area contributed by atoms with Gasteiger partial charge in [-0.15, -0.1) is 0 Å². The Morgan fingerprint density at radius 3 is 2.79 bits per heavy atom. The molecule has 1 heterocycles. The molecule has 0 bridgehead atoms. The van der Waals surface area contributed by atoms with Gasteiger partial charge >= 0.3 is 5.97 Å². The van der Waals surface area contributed by atoms with Crippen molar-refractivity contribution in [2.24, 2.45) is 11.3 Å². The Hall–Kier alpha value is -1.06. The minimum absolute atomic E-state index is 0.0270. The Balaban J connectivity index is 2.13. The molecule has 1 saturated carbocycles. The second kappa shape index (κ2) is 3.26. The van der Waals surface area contributed by atoms with Crippen molar-refractivity contribution in [2.75, 3.05) is 13.7 Å². The number of nitrogens with one attached hydrogen (secondary N) is 1. The molecule has 14 heavy (non-hydrogen) atoms. The molecular formula is C10H15NO3. The molecule has 4 nitrogen and oxygen atoms in total. The SMILES string of the molecule is COC(=O)C1(C2CCCNC2=O)CC1. The molecule has 2 rings (SSSR count). The smallest absolute Gasteiger partial charge is 0.312 e. The molecule has 1 aliphatic carbocycles. The lowest BCUT2D eigenvalue weighted by atomic mass is 9.82. The minimum atomic E-state index is -0.473. The summed E-state index contributed by atoms with van der Waals surface area (Å²) in [6.07, 6.45) is 3.39. The van der Waals surface area contributed by atoms with E-state index in [-0.39, 0.29) is 17.8 Å². The molecule has 1 aliphatic heterocycles. The van der Waals surface area contributed by atoms with Gasteiger partial charge in [0.25, 0.3) is 0 Å². The molecule has 0 aromatic heterocycles. The molecule has 78 valence electrons. The lowest BCUT2D eigenvalue weighted by Gasteiger charge is -2.27. The van der Waals surface area contributed by atoms with Gasteiger partial charge in [-0.05, 0) is 25.7 Å². The van der Waals surface area contributed by atoms with E-state index in [2.05, 4.69) is 5.32 Å². The summed E-state index contributed by atoms with van der Waals surface area (Å²) in [5.41, 5.74) is -0.473. The number of hydrogen-bond acceptors (Lipinski definition) is 3. The average molecular weight is 197 g/mol. The van der Waals surface area contributed by atoms with Crippen LogP contribution in [0.5, 0.6) is 0 Å². The van der Waals surface area contributed by atoms with Crippen LogP contribution in [0.1, 0.15) is 25.7 Å². The maximum Gasteiger partial charge on any atom is 0.312 e. The zero-order chi connectivity index (χ0) is 10.2. The molecule has 0 radical (unpaired) electrons. The number of hydrogen-bond donors (Lipinski definition) is 1. The first-order valence-corrected chi connectivity index (χ1v) is 5.07. The van der Waals surface area contributed by atoms with E-state index in [1.807, 2.05) is 0 Å². The van der Waals surface area contributed by atoms with Gasteiger partial charge in [0.05, 0.1) is 18.4 Å². The Morgan fingerprint density at radius 1 is 1.57 bits per heavy atom. The van der Waals surface area contributed by atoms with E-state index in [4.69, 9.17) is 4.74 Å². The number of carbonyl (C=O) groups is 2. The zero-order valence-corrected chi connectivity index (χ0v) is 8.34. The number of amides is 1. The van der Waals surface area contributed by atoms with Gasteiger partial charge in [0, 0.05) is 6.54 Å². The summed E-state index contributed by atoms with van der Waals surface area (Å²) in [6.45, 7) is 0.743. The van der Waals surface area contributed by atoms with Crippen molar-refractivity contribution in [1.29, 1.82) is 0 Å². The Kier molecular flexibility index (Phi) is 2.21. The first-order valence-electron chi connectivity index (χ1n) is 5.07. The van der Waals surface area contributed by atoms with Crippen molar-refractivity contribution in [1.82, 2.24) is 5.32 Å². The number of piperidine rings is 1. The molecule has 2 aliphatic rings. The van der Waals surface area contributed by atoms with Crippen LogP contribution < -0.4 is 5.32 Å². The van der Waals surface area contributed by atoms with Crippen LogP contribution in [0.3, 0.4) is 0 Å². The van der Waals surface area contributed by atoms with Crippen molar-refractivity contribution >= 4 is 11.9 Å². The fourth-order valence-electron chi connectivity index (χ4n) is 2.33. The highest BCUT2D eigenvalue weighted by atomic mass is 16.5. The van der Waals surface area contributed by atoms with Crippen molar-refractivity contribution in [3.05, 3.63) is 0 Å². The second-order valence-corrected chi connectivity index (χ2v) is 4.13. The van der Waals surface area contributed by atoms with Gasteiger partial charge in [-0.25, -0.2) is 0 Å². The minimum Gasteiger partial charge on any atom is -0.469 e. The lowest BCUT2D eigenvalue weighted by Crippen LogP contribution is -2.43. The van der Waals surface area contributed by atoms with Gasteiger partial charge in [-0.2, -0.15) is 0 Å². The fourth-order valence-corrected chi connectivity index (χ4v) is 2.33. The van der Waals surface area contributed by atoms with Crippen molar-refractivity contribution < 1.29 is 14.3 Å². The van der Waals surface area contributed by atoms with Crippen molar-refractivity contribution in [3.8, 4) is 0 Å². The van der Waals surface area contributed by atoms with Gasteiger partial charge in [0.1, 0.15) is 0 Å². The van der Waals surface area contributed by atoms with Crippen LogP contribution in [0.25, 0.3) is 0 Å². The van der Waals surface area contributed by atoms with E-state index >= 15 is 0 Å². The van der Waals surface area contributed by atoms with Crippen LogP contribution in [-0.4, -0.2) is 25.5 Å². The Labute approximate surface area is 83.0 Å². The number of esters is 1. The maximum absolute atomic E-state index is 11.6. The highest BCUT2D eigenvalue weighted by molar-refractivity contribution is 5.90. The van der Waals surface area contributed by atoms with Gasteiger partial charge in [0.15, 0.2) is 0 Å². The monoisotopic (exact) mass is 197 g/mol. The Bertz CT molecular complexity index is 271. The van der Waals surface area contributed by atoms with Crippen LogP contribution in [0.2, 0.25) is 0 Å². The van der Waals surface area contributed by atoms with Crippen molar-refractivity contribution in [2.45, 2.75) is 25.7 Å². The molecule has 0 spiro atoms. The maximum atomic E-state index is 11.6. The van der Waals surface area contributed by atoms with Crippen LogP contribution in [0.4, 0.5) is 0 Å². The van der Waals surface area contributed by atoms with Crippen LogP contribution in [0.15, 0.2) is 0 Å². The first-order chi connectivity index (χ1) is 6.70. The van der Waals surface area contributed by atoms with Gasteiger partial charge in [0.2, 0.25) is 5.91 Å². The number of ether oxygens (including phenoxy) is 1. The zero-order valence-electron chi connectivity index (χ0n) is 8.34. The van der Waals surface area contributed by atoms with E-state index in [0.29, 0.717) is 0 Å². The first kappa shape index (κ1) is 9.49. The molecule has 1 saturated heterocycles. The summed E-state index contributed by atoms with van der Waals surface area (Å²) >= 11 is 0. The highest BCUT2D eigenvalue weighted by Crippen LogP contribution is 2.54. The third-order valence-electron chi connectivity index (χ3n) is 3.33. The summed E-state index contributed by atoms with van der Waals surface area (Å²) in [6, 6.07) is 0. The van der Waals surface area contributed by atoms with E-state index in [0.717, 1.165) is 32.2 Å². The highest BCUT2D eigenvalue weighted by Gasteiger charge is 2.59. The van der Waals surface area contributed by atoms with Gasteiger partial charge in [-0.1, -0.05) is 0 Å². The molecule has 2 fully saturated rings. The predicted octanol–water partition coefficient (Wildman–Crippen LogP) is 0.466. The molecule has 1 N–H and O–H groups in total. The number of rotatable bonds is 2. The van der Waals surface area contributed by atoms with Crippen LogP contribution >= 0.6 is 0 Å². The summed E-state index contributed by atoms with van der Waals surface area (Å²) < 4.78 is 4.76.